The summed E-state index contributed by atoms with van der Waals surface area (Å²) in [6.45, 7) is 3.06. The molecule has 2 rings (SSSR count). The minimum Gasteiger partial charge on any atom is -0.258 e. The van der Waals surface area contributed by atoms with Crippen LogP contribution in [0.3, 0.4) is 0 Å². The number of aromatic nitrogens is 2. The molecule has 0 unspecified atom stereocenters. The van der Waals surface area contributed by atoms with Crippen LogP contribution >= 0.6 is 0 Å². The van der Waals surface area contributed by atoms with Gasteiger partial charge in [-0.25, -0.2) is 12.7 Å². The highest BCUT2D eigenvalue weighted by Crippen LogP contribution is 2.27. The fourth-order valence-corrected chi connectivity index (χ4v) is 3.20. The van der Waals surface area contributed by atoms with Crippen LogP contribution in [0.15, 0.2) is 12.4 Å². The lowest BCUT2D eigenvalue weighted by atomic mass is 9.95. The number of piperidine rings is 1. The Morgan fingerprint density at radius 3 is 2.71 bits per heavy atom. The molecule has 0 amide bonds. The van der Waals surface area contributed by atoms with Gasteiger partial charge in [-0.2, -0.15) is 0 Å². The molecule has 0 radical (unpaired) electrons. The van der Waals surface area contributed by atoms with Crippen molar-refractivity contribution in [1.82, 2.24) is 14.3 Å². The monoisotopic (exact) mass is 255 g/mol. The maximum absolute atomic E-state index is 11.5. The van der Waals surface area contributed by atoms with Crippen molar-refractivity contribution in [2.75, 3.05) is 19.3 Å². The minimum atomic E-state index is -3.09. The maximum atomic E-state index is 11.5. The maximum Gasteiger partial charge on any atom is 0.211 e. The first-order chi connectivity index (χ1) is 7.98. The zero-order chi connectivity index (χ0) is 12.5. The summed E-state index contributed by atoms with van der Waals surface area (Å²) < 4.78 is 24.6. The van der Waals surface area contributed by atoms with Gasteiger partial charge in [0.2, 0.25) is 10.0 Å². The first-order valence-corrected chi connectivity index (χ1v) is 7.56. The van der Waals surface area contributed by atoms with E-state index >= 15 is 0 Å². The Balaban J connectivity index is 2.21. The molecule has 2 heterocycles. The largest absolute Gasteiger partial charge is 0.258 e. The second-order valence-corrected chi connectivity index (χ2v) is 6.47. The molecule has 0 bridgehead atoms. The summed E-state index contributed by atoms with van der Waals surface area (Å²) in [7, 11) is -3.09. The molecule has 17 heavy (non-hydrogen) atoms. The van der Waals surface area contributed by atoms with Gasteiger partial charge < -0.3 is 0 Å². The zero-order valence-electron chi connectivity index (χ0n) is 10.1. The van der Waals surface area contributed by atoms with Crippen LogP contribution in [0.5, 0.6) is 0 Å². The molecule has 6 heteroatoms. The standard InChI is InChI=1S/C11H17N3O2S/c1-9-11(13-6-5-12-9)10-4-3-7-14(8-10)17(2,15)16/h5-6,10H,3-4,7-8H2,1-2H3/t10-/m1/s1. The van der Waals surface area contributed by atoms with E-state index in [1.165, 1.54) is 10.6 Å². The van der Waals surface area contributed by atoms with Gasteiger partial charge in [-0.1, -0.05) is 0 Å². The molecule has 0 N–H and O–H groups in total. The average molecular weight is 255 g/mol. The molecule has 1 aromatic heterocycles. The Labute approximate surface area is 102 Å². The van der Waals surface area contributed by atoms with Gasteiger partial charge in [0.25, 0.3) is 0 Å². The third kappa shape index (κ3) is 2.81. The van der Waals surface area contributed by atoms with Crippen LogP contribution in [0.4, 0.5) is 0 Å². The minimum absolute atomic E-state index is 0.173. The van der Waals surface area contributed by atoms with Crippen LogP contribution in [0, 0.1) is 6.92 Å². The van der Waals surface area contributed by atoms with Gasteiger partial charge in [0.15, 0.2) is 0 Å². The molecule has 1 aliphatic rings. The third-order valence-electron chi connectivity index (χ3n) is 3.16. The van der Waals surface area contributed by atoms with Crippen molar-refractivity contribution < 1.29 is 8.42 Å². The Bertz CT molecular complexity index is 501. The van der Waals surface area contributed by atoms with E-state index in [0.717, 1.165) is 24.2 Å². The molecule has 1 aliphatic heterocycles. The van der Waals surface area contributed by atoms with Gasteiger partial charge in [0, 0.05) is 31.4 Å². The highest BCUT2D eigenvalue weighted by Gasteiger charge is 2.28. The summed E-state index contributed by atoms with van der Waals surface area (Å²) in [4.78, 5) is 8.55. The van der Waals surface area contributed by atoms with Crippen molar-refractivity contribution >= 4 is 10.0 Å². The fraction of sp³-hybridized carbons (Fsp3) is 0.636. The van der Waals surface area contributed by atoms with Crippen LogP contribution < -0.4 is 0 Å². The molecule has 0 saturated carbocycles. The molecule has 5 nitrogen and oxygen atoms in total. The Hall–Kier alpha value is -1.01. The second kappa shape index (κ2) is 4.70. The molecule has 1 aromatic rings. The lowest BCUT2D eigenvalue weighted by Crippen LogP contribution is -2.38. The van der Waals surface area contributed by atoms with Crippen molar-refractivity contribution in [3.8, 4) is 0 Å². The van der Waals surface area contributed by atoms with Gasteiger partial charge in [0.1, 0.15) is 0 Å². The van der Waals surface area contributed by atoms with Crippen molar-refractivity contribution in [3.63, 3.8) is 0 Å². The van der Waals surface area contributed by atoms with Gasteiger partial charge in [-0.3, -0.25) is 9.97 Å². The summed E-state index contributed by atoms with van der Waals surface area (Å²) in [6.07, 6.45) is 6.45. The van der Waals surface area contributed by atoms with Crippen molar-refractivity contribution in [2.24, 2.45) is 0 Å². The number of aryl methyl sites for hydroxylation is 1. The molecule has 1 fully saturated rings. The summed E-state index contributed by atoms with van der Waals surface area (Å²) in [5.41, 5.74) is 1.83. The van der Waals surface area contributed by atoms with E-state index in [9.17, 15) is 8.42 Å². The van der Waals surface area contributed by atoms with E-state index in [-0.39, 0.29) is 5.92 Å². The smallest absolute Gasteiger partial charge is 0.211 e. The van der Waals surface area contributed by atoms with Gasteiger partial charge in [-0.05, 0) is 19.8 Å². The Kier molecular flexibility index (Phi) is 3.44. The van der Waals surface area contributed by atoms with Gasteiger partial charge in [-0.15, -0.1) is 0 Å². The fourth-order valence-electron chi connectivity index (χ4n) is 2.29. The van der Waals surface area contributed by atoms with Crippen LogP contribution in [0.2, 0.25) is 0 Å². The van der Waals surface area contributed by atoms with Crippen molar-refractivity contribution in [2.45, 2.75) is 25.7 Å². The molecule has 0 aliphatic carbocycles. The molecule has 94 valence electrons. The molecular weight excluding hydrogens is 238 g/mol. The summed E-state index contributed by atoms with van der Waals surface area (Å²) >= 11 is 0. The highest BCUT2D eigenvalue weighted by molar-refractivity contribution is 7.88. The van der Waals surface area contributed by atoms with Crippen molar-refractivity contribution in [3.05, 3.63) is 23.8 Å². The molecule has 0 aromatic carbocycles. The predicted molar refractivity (Wildman–Crippen MR) is 65.2 cm³/mol. The van der Waals surface area contributed by atoms with Gasteiger partial charge in [0.05, 0.1) is 17.6 Å². The number of sulfonamides is 1. The topological polar surface area (TPSA) is 63.2 Å². The Morgan fingerprint density at radius 1 is 1.35 bits per heavy atom. The Morgan fingerprint density at radius 2 is 2.06 bits per heavy atom. The predicted octanol–water partition coefficient (Wildman–Crippen LogP) is 0.924. The quantitative estimate of drug-likeness (QED) is 0.788. The second-order valence-electron chi connectivity index (χ2n) is 4.49. The van der Waals surface area contributed by atoms with E-state index in [1.54, 1.807) is 12.4 Å². The average Bonchev–Trinajstić information content (AvgIpc) is 2.29. The van der Waals surface area contributed by atoms with Crippen LogP contribution in [0.25, 0.3) is 0 Å². The normalized spacial score (nSPS) is 22.6. The summed E-state index contributed by atoms with van der Waals surface area (Å²) in [6, 6.07) is 0. The van der Waals surface area contributed by atoms with E-state index in [1.807, 2.05) is 6.92 Å². The lowest BCUT2D eigenvalue weighted by molar-refractivity contribution is 0.313. The van der Waals surface area contributed by atoms with Crippen LogP contribution in [-0.4, -0.2) is 42.0 Å². The zero-order valence-corrected chi connectivity index (χ0v) is 10.9. The SMILES string of the molecule is Cc1nccnc1[C@@H]1CCCN(S(C)(=O)=O)C1. The van der Waals surface area contributed by atoms with E-state index < -0.39 is 10.0 Å². The number of hydrogen-bond donors (Lipinski definition) is 0. The third-order valence-corrected chi connectivity index (χ3v) is 4.43. The van der Waals surface area contributed by atoms with Crippen molar-refractivity contribution in [1.29, 1.82) is 0 Å². The summed E-state index contributed by atoms with van der Waals surface area (Å²) in [5, 5.41) is 0. The first kappa shape index (κ1) is 12.4. The number of nitrogens with zero attached hydrogens (tertiary/aromatic N) is 3. The molecular formula is C11H17N3O2S. The molecule has 0 spiro atoms. The molecule has 1 saturated heterocycles. The molecule has 1 atom stereocenters. The van der Waals surface area contributed by atoms with Crippen LogP contribution in [0.1, 0.15) is 30.1 Å². The van der Waals surface area contributed by atoms with E-state index in [0.29, 0.717) is 13.1 Å². The summed E-state index contributed by atoms with van der Waals surface area (Å²) in [5.74, 6) is 0.173. The van der Waals surface area contributed by atoms with E-state index in [4.69, 9.17) is 0 Å². The first-order valence-electron chi connectivity index (χ1n) is 5.71. The highest BCUT2D eigenvalue weighted by atomic mass is 32.2. The van der Waals surface area contributed by atoms with Crippen LogP contribution in [-0.2, 0) is 10.0 Å². The van der Waals surface area contributed by atoms with E-state index in [2.05, 4.69) is 9.97 Å². The number of hydrogen-bond acceptors (Lipinski definition) is 4. The number of rotatable bonds is 2. The van der Waals surface area contributed by atoms with Gasteiger partial charge >= 0.3 is 0 Å². The lowest BCUT2D eigenvalue weighted by Gasteiger charge is -2.30.